The second kappa shape index (κ2) is 10.0. The van der Waals surface area contributed by atoms with E-state index < -0.39 is 0 Å². The number of ether oxygens (including phenoxy) is 2. The smallest absolute Gasteiger partial charge is 0.272 e. The third-order valence-electron chi connectivity index (χ3n) is 5.43. The highest BCUT2D eigenvalue weighted by Gasteiger charge is 2.15. The standard InChI is InChI=1S/C27H26N4O3/c1-31(2)20-12-9-18(10-13-20)17-28-30-27(32)22-16-24(29-23-8-6-5-7-21(22)23)19-11-14-25(33-3)26(15-19)34-4/h5-17H,1-4H3,(H,30,32). The molecule has 7 nitrogen and oxygen atoms in total. The van der Waals surface area contributed by atoms with E-state index in [4.69, 9.17) is 14.5 Å². The molecule has 0 unspecified atom stereocenters. The number of nitrogens with one attached hydrogen (secondary N) is 1. The molecule has 0 aliphatic rings. The Labute approximate surface area is 198 Å². The SMILES string of the molecule is COc1ccc(-c2cc(C(=O)NN=Cc3ccc(N(C)C)cc3)c3ccccc3n2)cc1OC. The Kier molecular flexibility index (Phi) is 6.73. The van der Waals surface area contributed by atoms with E-state index in [9.17, 15) is 4.79 Å². The first-order valence-corrected chi connectivity index (χ1v) is 10.7. The van der Waals surface area contributed by atoms with Crippen molar-refractivity contribution in [2.45, 2.75) is 0 Å². The van der Waals surface area contributed by atoms with E-state index in [0.717, 1.165) is 22.2 Å². The van der Waals surface area contributed by atoms with Gasteiger partial charge in [-0.1, -0.05) is 30.3 Å². The molecule has 1 heterocycles. The van der Waals surface area contributed by atoms with E-state index >= 15 is 0 Å². The molecule has 1 amide bonds. The van der Waals surface area contributed by atoms with E-state index in [1.54, 1.807) is 26.5 Å². The van der Waals surface area contributed by atoms with Crippen molar-refractivity contribution in [3.05, 3.63) is 83.9 Å². The van der Waals surface area contributed by atoms with Crippen molar-refractivity contribution in [3.63, 3.8) is 0 Å². The summed E-state index contributed by atoms with van der Waals surface area (Å²) < 4.78 is 10.8. The molecule has 4 rings (SSSR count). The first-order chi connectivity index (χ1) is 16.5. The van der Waals surface area contributed by atoms with E-state index in [1.165, 1.54) is 0 Å². The minimum Gasteiger partial charge on any atom is -0.493 e. The van der Waals surface area contributed by atoms with E-state index in [-0.39, 0.29) is 5.91 Å². The van der Waals surface area contributed by atoms with Gasteiger partial charge in [-0.25, -0.2) is 10.4 Å². The second-order valence-electron chi connectivity index (χ2n) is 7.83. The summed E-state index contributed by atoms with van der Waals surface area (Å²) in [5.74, 6) is 0.894. The highest BCUT2D eigenvalue weighted by molar-refractivity contribution is 6.07. The summed E-state index contributed by atoms with van der Waals surface area (Å²) in [4.78, 5) is 19.9. The first-order valence-electron chi connectivity index (χ1n) is 10.7. The number of amides is 1. The quantitative estimate of drug-likeness (QED) is 0.322. The van der Waals surface area contributed by atoms with Gasteiger partial charge >= 0.3 is 0 Å². The number of aromatic nitrogens is 1. The number of fused-ring (bicyclic) bond motifs is 1. The molecule has 0 atom stereocenters. The lowest BCUT2D eigenvalue weighted by Crippen LogP contribution is -2.18. The van der Waals surface area contributed by atoms with Crippen molar-refractivity contribution < 1.29 is 14.3 Å². The zero-order valence-electron chi connectivity index (χ0n) is 19.6. The molecular weight excluding hydrogens is 428 g/mol. The number of carbonyl (C=O) groups is 1. The maximum absolute atomic E-state index is 13.1. The number of rotatable bonds is 7. The number of methoxy groups -OCH3 is 2. The fourth-order valence-corrected chi connectivity index (χ4v) is 3.59. The Morgan fingerprint density at radius 3 is 2.38 bits per heavy atom. The minimum absolute atomic E-state index is 0.318. The predicted molar refractivity (Wildman–Crippen MR) is 136 cm³/mol. The van der Waals surface area contributed by atoms with Crippen LogP contribution < -0.4 is 19.8 Å². The summed E-state index contributed by atoms with van der Waals surface area (Å²) >= 11 is 0. The van der Waals surface area contributed by atoms with Crippen LogP contribution in [0.4, 0.5) is 5.69 Å². The molecule has 0 saturated heterocycles. The topological polar surface area (TPSA) is 76.0 Å². The van der Waals surface area contributed by atoms with Crippen LogP contribution in [-0.2, 0) is 0 Å². The molecule has 0 aliphatic heterocycles. The molecule has 172 valence electrons. The summed E-state index contributed by atoms with van der Waals surface area (Å²) in [6, 6.07) is 22.7. The lowest BCUT2D eigenvalue weighted by molar-refractivity contribution is 0.0956. The average Bonchev–Trinajstić information content (AvgIpc) is 2.87. The number of pyridine rings is 1. The fourth-order valence-electron chi connectivity index (χ4n) is 3.59. The molecule has 0 saturated carbocycles. The van der Waals surface area contributed by atoms with Crippen LogP contribution in [0.2, 0.25) is 0 Å². The minimum atomic E-state index is -0.318. The predicted octanol–water partition coefficient (Wildman–Crippen LogP) is 4.75. The molecule has 0 bridgehead atoms. The van der Waals surface area contributed by atoms with Crippen LogP contribution in [-0.4, -0.2) is 45.4 Å². The van der Waals surface area contributed by atoms with Gasteiger partial charge in [0.05, 0.1) is 37.2 Å². The molecule has 34 heavy (non-hydrogen) atoms. The van der Waals surface area contributed by atoms with Crippen molar-refractivity contribution in [3.8, 4) is 22.8 Å². The lowest BCUT2D eigenvalue weighted by Gasteiger charge is -2.12. The Balaban J connectivity index is 1.64. The third kappa shape index (κ3) is 4.83. The number of anilines is 1. The normalized spacial score (nSPS) is 10.9. The van der Waals surface area contributed by atoms with Gasteiger partial charge in [0.15, 0.2) is 11.5 Å². The van der Waals surface area contributed by atoms with Crippen LogP contribution in [0.3, 0.4) is 0 Å². The largest absolute Gasteiger partial charge is 0.493 e. The van der Waals surface area contributed by atoms with Crippen LogP contribution in [0.1, 0.15) is 15.9 Å². The Morgan fingerprint density at radius 1 is 0.941 bits per heavy atom. The van der Waals surface area contributed by atoms with Crippen LogP contribution in [0.15, 0.2) is 77.9 Å². The molecule has 0 fully saturated rings. The van der Waals surface area contributed by atoms with E-state index in [0.29, 0.717) is 28.3 Å². The number of hydrogen-bond donors (Lipinski definition) is 1. The van der Waals surface area contributed by atoms with E-state index in [2.05, 4.69) is 10.5 Å². The summed E-state index contributed by atoms with van der Waals surface area (Å²) in [5.41, 5.74) is 7.27. The van der Waals surface area contributed by atoms with Crippen molar-refractivity contribution in [1.29, 1.82) is 0 Å². The van der Waals surface area contributed by atoms with Crippen molar-refractivity contribution in [2.24, 2.45) is 5.10 Å². The van der Waals surface area contributed by atoms with Crippen molar-refractivity contribution in [2.75, 3.05) is 33.2 Å². The third-order valence-corrected chi connectivity index (χ3v) is 5.43. The van der Waals surface area contributed by atoms with Crippen molar-refractivity contribution >= 4 is 28.7 Å². The monoisotopic (exact) mass is 454 g/mol. The molecule has 0 radical (unpaired) electrons. The van der Waals surface area contributed by atoms with Gasteiger partial charge in [0.1, 0.15) is 0 Å². The van der Waals surface area contributed by atoms with Gasteiger partial charge in [-0.05, 0) is 48.0 Å². The summed E-state index contributed by atoms with van der Waals surface area (Å²) in [6.07, 6.45) is 1.62. The van der Waals surface area contributed by atoms with Gasteiger partial charge in [-0.15, -0.1) is 0 Å². The molecule has 1 N–H and O–H groups in total. The molecule has 1 aromatic heterocycles. The average molecular weight is 455 g/mol. The molecule has 4 aromatic rings. The second-order valence-corrected chi connectivity index (χ2v) is 7.83. The molecule has 3 aromatic carbocycles. The summed E-state index contributed by atoms with van der Waals surface area (Å²) in [7, 11) is 7.14. The van der Waals surface area contributed by atoms with Gasteiger partial charge in [-0.3, -0.25) is 4.79 Å². The molecule has 0 spiro atoms. The van der Waals surface area contributed by atoms with Crippen LogP contribution in [0.5, 0.6) is 11.5 Å². The van der Waals surface area contributed by atoms with E-state index in [1.807, 2.05) is 85.7 Å². The van der Waals surface area contributed by atoms with Crippen LogP contribution >= 0.6 is 0 Å². The molecule has 7 heteroatoms. The van der Waals surface area contributed by atoms with Crippen molar-refractivity contribution in [1.82, 2.24) is 10.4 Å². The number of nitrogens with zero attached hydrogens (tertiary/aromatic N) is 3. The van der Waals surface area contributed by atoms with Crippen LogP contribution in [0, 0.1) is 0 Å². The zero-order chi connectivity index (χ0) is 24.1. The molecule has 0 aliphatic carbocycles. The number of carbonyl (C=O) groups excluding carboxylic acids is 1. The van der Waals surface area contributed by atoms with Crippen LogP contribution in [0.25, 0.3) is 22.2 Å². The highest BCUT2D eigenvalue weighted by atomic mass is 16.5. The maximum Gasteiger partial charge on any atom is 0.272 e. The fraction of sp³-hybridized carbons (Fsp3) is 0.148. The Hall–Kier alpha value is -4.39. The Bertz CT molecular complexity index is 1350. The number of hydrogen-bond acceptors (Lipinski definition) is 6. The van der Waals surface area contributed by atoms with Gasteiger partial charge in [0.2, 0.25) is 0 Å². The number of para-hydroxylation sites is 1. The van der Waals surface area contributed by atoms with Gasteiger partial charge in [-0.2, -0.15) is 5.10 Å². The number of hydrazone groups is 1. The number of benzene rings is 3. The summed E-state index contributed by atoms with van der Waals surface area (Å²) in [6.45, 7) is 0. The maximum atomic E-state index is 13.1. The highest BCUT2D eigenvalue weighted by Crippen LogP contribution is 2.33. The zero-order valence-corrected chi connectivity index (χ0v) is 19.6. The Morgan fingerprint density at radius 2 is 1.68 bits per heavy atom. The first kappa shape index (κ1) is 22.8. The summed E-state index contributed by atoms with van der Waals surface area (Å²) in [5, 5.41) is 4.90. The van der Waals surface area contributed by atoms with Gasteiger partial charge in [0.25, 0.3) is 5.91 Å². The van der Waals surface area contributed by atoms with Gasteiger partial charge < -0.3 is 14.4 Å². The lowest BCUT2D eigenvalue weighted by atomic mass is 10.0. The van der Waals surface area contributed by atoms with Gasteiger partial charge in [0, 0.05) is 30.7 Å². The molecular formula is C27H26N4O3.